The summed E-state index contributed by atoms with van der Waals surface area (Å²) >= 11 is 0. The monoisotopic (exact) mass is 433 g/mol. The minimum atomic E-state index is -0.290. The molecule has 2 heterocycles. The molecule has 3 aromatic rings. The maximum Gasteiger partial charge on any atom is 0.253 e. The van der Waals surface area contributed by atoms with Crippen LogP contribution in [0.25, 0.3) is 0 Å². The Morgan fingerprint density at radius 2 is 1.78 bits per heavy atom. The Morgan fingerprint density at radius 3 is 2.50 bits per heavy atom. The lowest BCUT2D eigenvalue weighted by molar-refractivity contribution is 0.0697. The summed E-state index contributed by atoms with van der Waals surface area (Å²) in [5.74, 6) is 0.0868. The lowest BCUT2D eigenvalue weighted by Crippen LogP contribution is -2.46. The summed E-state index contributed by atoms with van der Waals surface area (Å²) in [5, 5.41) is 3.02. The van der Waals surface area contributed by atoms with E-state index in [0.717, 1.165) is 5.56 Å². The van der Waals surface area contributed by atoms with Crippen molar-refractivity contribution in [3.8, 4) is 5.75 Å². The fraction of sp³-hybridized carbons (Fsp3) is 0.240. The van der Waals surface area contributed by atoms with Crippen molar-refractivity contribution in [2.75, 3.05) is 13.1 Å². The van der Waals surface area contributed by atoms with Crippen LogP contribution in [0.5, 0.6) is 5.75 Å². The molecule has 1 fully saturated rings. The predicted octanol–water partition coefficient (Wildman–Crippen LogP) is 3.83. The number of piperidine rings is 1. The first-order valence-corrected chi connectivity index (χ1v) is 10.6. The van der Waals surface area contributed by atoms with Gasteiger partial charge in [0.05, 0.1) is 5.56 Å². The van der Waals surface area contributed by atoms with Crippen molar-refractivity contribution >= 4 is 11.8 Å². The average molecular weight is 433 g/mol. The molecule has 164 valence electrons. The van der Waals surface area contributed by atoms with Gasteiger partial charge in [-0.3, -0.25) is 14.6 Å². The van der Waals surface area contributed by atoms with E-state index in [1.807, 2.05) is 0 Å². The fourth-order valence-electron chi connectivity index (χ4n) is 3.64. The van der Waals surface area contributed by atoms with E-state index in [4.69, 9.17) is 4.74 Å². The molecule has 1 aliphatic heterocycles. The van der Waals surface area contributed by atoms with Crippen LogP contribution in [-0.2, 0) is 6.61 Å². The highest BCUT2D eigenvalue weighted by Gasteiger charge is 2.25. The van der Waals surface area contributed by atoms with Crippen LogP contribution in [-0.4, -0.2) is 40.8 Å². The van der Waals surface area contributed by atoms with Gasteiger partial charge in [-0.05, 0) is 60.9 Å². The molecular weight excluding hydrogens is 409 g/mol. The van der Waals surface area contributed by atoms with Gasteiger partial charge >= 0.3 is 0 Å². The summed E-state index contributed by atoms with van der Waals surface area (Å²) in [6.45, 7) is 1.43. The molecule has 1 N–H and O–H groups in total. The Morgan fingerprint density at radius 1 is 1.03 bits per heavy atom. The first-order chi connectivity index (χ1) is 15.6. The molecule has 0 atom stereocenters. The van der Waals surface area contributed by atoms with Crippen molar-refractivity contribution in [3.05, 3.63) is 95.6 Å². The van der Waals surface area contributed by atoms with E-state index in [9.17, 15) is 14.0 Å². The molecule has 4 rings (SSSR count). The predicted molar refractivity (Wildman–Crippen MR) is 118 cm³/mol. The number of aromatic nitrogens is 1. The largest absolute Gasteiger partial charge is 0.489 e. The number of pyridine rings is 1. The van der Waals surface area contributed by atoms with Crippen molar-refractivity contribution in [2.45, 2.75) is 25.5 Å². The second-order valence-electron chi connectivity index (χ2n) is 7.72. The van der Waals surface area contributed by atoms with E-state index >= 15 is 0 Å². The van der Waals surface area contributed by atoms with Gasteiger partial charge in [0.1, 0.15) is 18.2 Å². The Labute approximate surface area is 186 Å². The Kier molecular flexibility index (Phi) is 6.75. The number of halogens is 1. The molecule has 2 aromatic carbocycles. The maximum absolute atomic E-state index is 13.0. The molecule has 1 aromatic heterocycles. The lowest BCUT2D eigenvalue weighted by Gasteiger charge is -2.32. The summed E-state index contributed by atoms with van der Waals surface area (Å²) in [6, 6.07) is 16.7. The Bertz CT molecular complexity index is 1070. The van der Waals surface area contributed by atoms with Crippen LogP contribution in [0.15, 0.2) is 73.1 Å². The zero-order valence-electron chi connectivity index (χ0n) is 17.5. The average Bonchev–Trinajstić information content (AvgIpc) is 2.84. The summed E-state index contributed by atoms with van der Waals surface area (Å²) < 4.78 is 18.8. The number of hydrogen-bond acceptors (Lipinski definition) is 4. The number of ether oxygens (including phenoxy) is 1. The normalized spacial score (nSPS) is 14.1. The third-order valence-corrected chi connectivity index (χ3v) is 5.44. The second-order valence-corrected chi connectivity index (χ2v) is 7.72. The van der Waals surface area contributed by atoms with Crippen LogP contribution in [0.1, 0.15) is 39.1 Å². The highest BCUT2D eigenvalue weighted by atomic mass is 19.1. The van der Waals surface area contributed by atoms with Gasteiger partial charge in [0.2, 0.25) is 0 Å². The van der Waals surface area contributed by atoms with Gasteiger partial charge in [0.25, 0.3) is 11.8 Å². The molecule has 1 aliphatic rings. The van der Waals surface area contributed by atoms with E-state index < -0.39 is 0 Å². The molecular formula is C25H24FN3O3. The summed E-state index contributed by atoms with van der Waals surface area (Å²) in [5.41, 5.74) is 1.93. The Hall–Kier alpha value is -3.74. The van der Waals surface area contributed by atoms with Crippen LogP contribution in [0, 0.1) is 5.82 Å². The van der Waals surface area contributed by atoms with Crippen LogP contribution in [0.4, 0.5) is 4.39 Å². The minimum Gasteiger partial charge on any atom is -0.489 e. The number of hydrogen-bond donors (Lipinski definition) is 1. The number of carbonyl (C=O) groups is 2. The number of rotatable bonds is 6. The van der Waals surface area contributed by atoms with Crippen molar-refractivity contribution in [1.29, 1.82) is 0 Å². The summed E-state index contributed by atoms with van der Waals surface area (Å²) in [7, 11) is 0. The van der Waals surface area contributed by atoms with Gasteiger partial charge in [-0.25, -0.2) is 4.39 Å². The zero-order chi connectivity index (χ0) is 22.3. The molecule has 7 heteroatoms. The Balaban J connectivity index is 1.29. The number of benzene rings is 2. The second kappa shape index (κ2) is 10.0. The molecule has 32 heavy (non-hydrogen) atoms. The highest BCUT2D eigenvalue weighted by molar-refractivity contribution is 5.95. The summed E-state index contributed by atoms with van der Waals surface area (Å²) in [6.07, 6.45) is 4.56. The van der Waals surface area contributed by atoms with Crippen LogP contribution in [0.3, 0.4) is 0 Å². The standard InChI is InChI=1S/C25H24FN3O3/c26-21-8-6-18(7-9-21)17-32-23-5-1-3-19(15-23)25(31)29-13-10-22(11-14-29)28-24(30)20-4-2-12-27-16-20/h1-9,12,15-16,22H,10-11,13-14,17H2,(H,28,30). The van der Waals surface area contributed by atoms with Crippen LogP contribution in [0.2, 0.25) is 0 Å². The van der Waals surface area contributed by atoms with Gasteiger partial charge in [-0.2, -0.15) is 0 Å². The van der Waals surface area contributed by atoms with Crippen LogP contribution < -0.4 is 10.1 Å². The molecule has 0 bridgehead atoms. The number of likely N-dealkylation sites (tertiary alicyclic amines) is 1. The lowest BCUT2D eigenvalue weighted by atomic mass is 10.0. The van der Waals surface area contributed by atoms with Gasteiger partial charge in [-0.1, -0.05) is 18.2 Å². The van der Waals surface area contributed by atoms with Crippen molar-refractivity contribution in [2.24, 2.45) is 0 Å². The van der Waals surface area contributed by atoms with E-state index in [-0.39, 0.29) is 23.7 Å². The van der Waals surface area contributed by atoms with Crippen molar-refractivity contribution in [3.63, 3.8) is 0 Å². The molecule has 0 spiro atoms. The summed E-state index contributed by atoms with van der Waals surface area (Å²) in [4.78, 5) is 31.0. The van der Waals surface area contributed by atoms with E-state index in [1.165, 1.54) is 12.1 Å². The van der Waals surface area contributed by atoms with Gasteiger partial charge in [0.15, 0.2) is 0 Å². The highest BCUT2D eigenvalue weighted by Crippen LogP contribution is 2.19. The zero-order valence-corrected chi connectivity index (χ0v) is 17.5. The smallest absolute Gasteiger partial charge is 0.253 e. The first kappa shape index (κ1) is 21.5. The molecule has 0 aliphatic carbocycles. The molecule has 0 saturated carbocycles. The third kappa shape index (κ3) is 5.49. The van der Waals surface area contributed by atoms with Crippen molar-refractivity contribution < 1.29 is 18.7 Å². The topological polar surface area (TPSA) is 71.5 Å². The third-order valence-electron chi connectivity index (χ3n) is 5.44. The van der Waals surface area contributed by atoms with E-state index in [0.29, 0.717) is 49.4 Å². The molecule has 0 unspecified atom stereocenters. The number of carbonyl (C=O) groups excluding carboxylic acids is 2. The fourth-order valence-corrected chi connectivity index (χ4v) is 3.64. The molecule has 1 saturated heterocycles. The van der Waals surface area contributed by atoms with E-state index in [1.54, 1.807) is 65.8 Å². The number of amides is 2. The molecule has 6 nitrogen and oxygen atoms in total. The van der Waals surface area contributed by atoms with E-state index in [2.05, 4.69) is 10.3 Å². The van der Waals surface area contributed by atoms with Gasteiger partial charge < -0.3 is 15.0 Å². The number of nitrogens with one attached hydrogen (secondary N) is 1. The molecule has 0 radical (unpaired) electrons. The van der Waals surface area contributed by atoms with Crippen LogP contribution >= 0.6 is 0 Å². The first-order valence-electron chi connectivity index (χ1n) is 10.6. The SMILES string of the molecule is O=C(NC1CCN(C(=O)c2cccc(OCc3ccc(F)cc3)c2)CC1)c1cccnc1. The molecule has 2 amide bonds. The van der Waals surface area contributed by atoms with Gasteiger partial charge in [0, 0.05) is 37.1 Å². The van der Waals surface area contributed by atoms with Gasteiger partial charge in [-0.15, -0.1) is 0 Å². The number of nitrogens with zero attached hydrogens (tertiary/aromatic N) is 2. The maximum atomic E-state index is 13.0. The quantitative estimate of drug-likeness (QED) is 0.641. The minimum absolute atomic E-state index is 0.0251. The van der Waals surface area contributed by atoms with Crippen molar-refractivity contribution in [1.82, 2.24) is 15.2 Å².